The van der Waals surface area contributed by atoms with Gasteiger partial charge >= 0.3 is 0 Å². The third kappa shape index (κ3) is 3.05. The maximum absolute atomic E-state index is 11.3. The van der Waals surface area contributed by atoms with E-state index in [0.29, 0.717) is 0 Å². The van der Waals surface area contributed by atoms with Gasteiger partial charge in [0.1, 0.15) is 17.0 Å². The van der Waals surface area contributed by atoms with Gasteiger partial charge in [-0.3, -0.25) is 0 Å². The molecule has 0 saturated heterocycles. The number of primary sulfonamides is 1. The molecule has 0 radical (unpaired) electrons. The number of fused-ring (bicyclic) bond motifs is 1. The first-order valence-electron chi connectivity index (χ1n) is 6.92. The Labute approximate surface area is 138 Å². The lowest BCUT2D eigenvalue weighted by Gasteiger charge is -2.26. The number of rotatable bonds is 4. The highest BCUT2D eigenvalue weighted by Crippen LogP contribution is 2.31. The Morgan fingerprint density at radius 1 is 1.17 bits per heavy atom. The van der Waals surface area contributed by atoms with Crippen molar-refractivity contribution in [3.05, 3.63) is 47.6 Å². The second kappa shape index (κ2) is 5.88. The smallest absolute Gasteiger partial charge is 0.238 e. The molecular formula is C15H16N4O2S2. The molecule has 3 rings (SSSR count). The van der Waals surface area contributed by atoms with E-state index in [1.165, 1.54) is 12.1 Å². The normalized spacial score (nSPS) is 13.2. The monoisotopic (exact) mass is 348 g/mol. The number of aromatic nitrogens is 2. The Hall–Kier alpha value is -2.03. The van der Waals surface area contributed by atoms with Crippen LogP contribution in [0.5, 0.6) is 0 Å². The van der Waals surface area contributed by atoms with Crippen molar-refractivity contribution < 1.29 is 8.42 Å². The van der Waals surface area contributed by atoms with Gasteiger partial charge < -0.3 is 4.90 Å². The van der Waals surface area contributed by atoms with Gasteiger partial charge in [-0.15, -0.1) is 11.3 Å². The molecule has 0 aliphatic rings. The highest BCUT2D eigenvalue weighted by atomic mass is 32.2. The van der Waals surface area contributed by atoms with Gasteiger partial charge in [-0.05, 0) is 36.1 Å². The summed E-state index contributed by atoms with van der Waals surface area (Å²) in [7, 11) is -1.72. The fraction of sp³-hybridized carbons (Fsp3) is 0.200. The average Bonchev–Trinajstić information content (AvgIpc) is 3.01. The zero-order valence-corrected chi connectivity index (χ0v) is 14.3. The molecule has 120 valence electrons. The lowest BCUT2D eigenvalue weighted by atomic mass is 10.1. The molecule has 2 aromatic heterocycles. The first-order valence-corrected chi connectivity index (χ1v) is 9.34. The van der Waals surface area contributed by atoms with Gasteiger partial charge in [0.15, 0.2) is 0 Å². The van der Waals surface area contributed by atoms with Crippen LogP contribution in [0.15, 0.2) is 46.9 Å². The largest absolute Gasteiger partial charge is 0.352 e. The minimum Gasteiger partial charge on any atom is -0.352 e. The lowest BCUT2D eigenvalue weighted by molar-refractivity contribution is 0.597. The number of nitrogens with zero attached hydrogens (tertiary/aromatic N) is 3. The van der Waals surface area contributed by atoms with Crippen LogP contribution in [0.2, 0.25) is 0 Å². The third-order valence-electron chi connectivity index (χ3n) is 3.85. The molecule has 1 unspecified atom stereocenters. The molecule has 6 nitrogen and oxygen atoms in total. The number of sulfonamides is 1. The van der Waals surface area contributed by atoms with Crippen molar-refractivity contribution in [3.8, 4) is 0 Å². The predicted molar refractivity (Wildman–Crippen MR) is 92.0 cm³/mol. The molecule has 0 spiro atoms. The van der Waals surface area contributed by atoms with Gasteiger partial charge in [-0.2, -0.15) is 0 Å². The molecule has 2 heterocycles. The van der Waals surface area contributed by atoms with E-state index >= 15 is 0 Å². The van der Waals surface area contributed by atoms with Crippen LogP contribution in [0.1, 0.15) is 18.5 Å². The summed E-state index contributed by atoms with van der Waals surface area (Å²) in [6.45, 7) is 2.03. The Balaban J connectivity index is 1.93. The molecule has 0 aliphatic carbocycles. The quantitative estimate of drug-likeness (QED) is 0.782. The van der Waals surface area contributed by atoms with Crippen LogP contribution in [0.3, 0.4) is 0 Å². The Morgan fingerprint density at radius 3 is 2.52 bits per heavy atom. The third-order valence-corrected chi connectivity index (χ3v) is 5.60. The molecule has 0 bridgehead atoms. The lowest BCUT2D eigenvalue weighted by Crippen LogP contribution is -2.23. The number of anilines is 1. The van der Waals surface area contributed by atoms with Gasteiger partial charge in [0, 0.05) is 7.05 Å². The van der Waals surface area contributed by atoms with Gasteiger partial charge in [-0.1, -0.05) is 12.1 Å². The molecule has 0 fully saturated rings. The molecule has 1 aromatic carbocycles. The van der Waals surface area contributed by atoms with Crippen molar-refractivity contribution in [2.24, 2.45) is 5.14 Å². The summed E-state index contributed by atoms with van der Waals surface area (Å²) in [5.41, 5.74) is 0.974. The summed E-state index contributed by atoms with van der Waals surface area (Å²) in [5, 5.41) is 8.13. The molecule has 8 heteroatoms. The number of hydrogen-bond donors (Lipinski definition) is 1. The summed E-state index contributed by atoms with van der Waals surface area (Å²) < 4.78 is 22.7. The fourth-order valence-electron chi connectivity index (χ4n) is 2.40. The minimum atomic E-state index is -3.67. The van der Waals surface area contributed by atoms with Crippen molar-refractivity contribution in [1.29, 1.82) is 0 Å². The van der Waals surface area contributed by atoms with E-state index in [1.54, 1.807) is 29.8 Å². The molecular weight excluding hydrogens is 332 g/mol. The number of thiophene rings is 1. The van der Waals surface area contributed by atoms with Crippen molar-refractivity contribution in [2.75, 3.05) is 11.9 Å². The van der Waals surface area contributed by atoms with Crippen LogP contribution >= 0.6 is 11.3 Å². The number of benzene rings is 1. The number of hydrogen-bond acceptors (Lipinski definition) is 6. The topological polar surface area (TPSA) is 89.2 Å². The molecule has 3 aromatic rings. The van der Waals surface area contributed by atoms with Crippen molar-refractivity contribution in [3.63, 3.8) is 0 Å². The zero-order valence-electron chi connectivity index (χ0n) is 12.7. The van der Waals surface area contributed by atoms with Gasteiger partial charge in [0.05, 0.1) is 16.3 Å². The van der Waals surface area contributed by atoms with Crippen molar-refractivity contribution in [2.45, 2.75) is 17.9 Å². The number of nitrogens with two attached hydrogens (primary N) is 1. The summed E-state index contributed by atoms with van der Waals surface area (Å²) in [6, 6.07) is 8.61. The van der Waals surface area contributed by atoms with E-state index in [1.807, 2.05) is 30.3 Å². The zero-order chi connectivity index (χ0) is 16.6. The highest BCUT2D eigenvalue weighted by molar-refractivity contribution is 7.89. The standard InChI is InChI=1S/C15H16N4O2S2/c1-10(11-3-5-12(6-4-11)23(16,20)21)19(2)14-13-7-8-22-15(13)18-9-17-14/h3-10H,1-2H3,(H2,16,20,21). The molecule has 23 heavy (non-hydrogen) atoms. The van der Waals surface area contributed by atoms with E-state index in [-0.39, 0.29) is 10.9 Å². The summed E-state index contributed by atoms with van der Waals surface area (Å²) in [4.78, 5) is 11.7. The molecule has 0 aliphatic heterocycles. The maximum Gasteiger partial charge on any atom is 0.238 e. The average molecular weight is 348 g/mol. The van der Waals surface area contributed by atoms with Crippen molar-refractivity contribution in [1.82, 2.24) is 9.97 Å². The van der Waals surface area contributed by atoms with Crippen LogP contribution in [-0.2, 0) is 10.0 Å². The van der Waals surface area contributed by atoms with Crippen LogP contribution in [0.4, 0.5) is 5.82 Å². The fourth-order valence-corrected chi connectivity index (χ4v) is 3.64. The Bertz CT molecular complexity index is 936. The first kappa shape index (κ1) is 15.9. The van der Waals surface area contributed by atoms with E-state index in [2.05, 4.69) is 9.97 Å². The van der Waals surface area contributed by atoms with Crippen LogP contribution < -0.4 is 10.0 Å². The van der Waals surface area contributed by atoms with Gasteiger partial charge in [-0.25, -0.2) is 23.5 Å². The van der Waals surface area contributed by atoms with E-state index in [9.17, 15) is 8.42 Å². The highest BCUT2D eigenvalue weighted by Gasteiger charge is 2.17. The van der Waals surface area contributed by atoms with Crippen LogP contribution in [-0.4, -0.2) is 25.4 Å². The Morgan fingerprint density at radius 2 is 1.87 bits per heavy atom. The van der Waals surface area contributed by atoms with Gasteiger partial charge in [0.25, 0.3) is 0 Å². The van der Waals surface area contributed by atoms with E-state index in [0.717, 1.165) is 21.6 Å². The van der Waals surface area contributed by atoms with Crippen LogP contribution in [0.25, 0.3) is 10.2 Å². The van der Waals surface area contributed by atoms with E-state index in [4.69, 9.17) is 5.14 Å². The van der Waals surface area contributed by atoms with E-state index < -0.39 is 10.0 Å². The SMILES string of the molecule is CC(c1ccc(S(N)(=O)=O)cc1)N(C)c1ncnc2sccc12. The first-order chi connectivity index (χ1) is 10.9. The van der Waals surface area contributed by atoms with Gasteiger partial charge in [0.2, 0.25) is 10.0 Å². The van der Waals surface area contributed by atoms with Crippen LogP contribution in [0, 0.1) is 0 Å². The minimum absolute atomic E-state index is 0.0162. The molecule has 0 amide bonds. The summed E-state index contributed by atoms with van der Waals surface area (Å²) in [6.07, 6.45) is 1.56. The molecule has 0 saturated carbocycles. The summed E-state index contributed by atoms with van der Waals surface area (Å²) in [5.74, 6) is 0.847. The molecule has 1 atom stereocenters. The summed E-state index contributed by atoms with van der Waals surface area (Å²) >= 11 is 1.57. The predicted octanol–water partition coefficient (Wildman–Crippen LogP) is 2.54. The maximum atomic E-state index is 11.3. The second-order valence-electron chi connectivity index (χ2n) is 5.24. The molecule has 2 N–H and O–H groups in total. The Kier molecular flexibility index (Phi) is 4.05. The second-order valence-corrected chi connectivity index (χ2v) is 7.69. The van der Waals surface area contributed by atoms with Crippen molar-refractivity contribution >= 4 is 37.4 Å².